The van der Waals surface area contributed by atoms with Gasteiger partial charge in [-0.2, -0.15) is 5.10 Å². The number of hydrogen-bond acceptors (Lipinski definition) is 1. The Kier molecular flexibility index (Phi) is 35.2. The van der Waals surface area contributed by atoms with E-state index in [0.29, 0.717) is 12.0 Å². The van der Waals surface area contributed by atoms with Crippen molar-refractivity contribution in [3.63, 3.8) is 0 Å². The third kappa shape index (κ3) is 33.0. The molecule has 0 aliphatic heterocycles. The summed E-state index contributed by atoms with van der Waals surface area (Å²) >= 11 is 0. The highest BCUT2D eigenvalue weighted by atomic mass is 15.3. The monoisotopic (exact) mass is 344 g/mol. The van der Waals surface area contributed by atoms with Crippen molar-refractivity contribution in [3.05, 3.63) is 18.0 Å². The van der Waals surface area contributed by atoms with Gasteiger partial charge in [-0.1, -0.05) is 90.5 Å². The number of hydrogen-bond donors (Lipinski definition) is 0. The Morgan fingerprint density at radius 3 is 1.12 bits per heavy atom. The Morgan fingerprint density at radius 2 is 1.00 bits per heavy atom. The first kappa shape index (κ1) is 34.5. The minimum atomic E-state index is 0. The van der Waals surface area contributed by atoms with Gasteiger partial charge < -0.3 is 0 Å². The van der Waals surface area contributed by atoms with Gasteiger partial charge in [0.15, 0.2) is 0 Å². The molecule has 1 heterocycles. The number of aromatic nitrogens is 2. The molecule has 150 valence electrons. The van der Waals surface area contributed by atoms with E-state index in [2.05, 4.69) is 80.5 Å². The zero-order chi connectivity index (χ0) is 19.6. The van der Waals surface area contributed by atoms with Gasteiger partial charge in [-0.25, -0.2) is 0 Å². The van der Waals surface area contributed by atoms with Crippen molar-refractivity contribution in [1.29, 1.82) is 0 Å². The number of rotatable bonds is 2. The van der Waals surface area contributed by atoms with E-state index >= 15 is 0 Å². The molecular weight excluding hydrogens is 292 g/mol. The molecule has 0 unspecified atom stereocenters. The molecule has 0 radical (unpaired) electrons. The van der Waals surface area contributed by atoms with Crippen LogP contribution in [0, 0.1) is 11.8 Å². The first-order valence-corrected chi connectivity index (χ1v) is 9.61. The molecule has 2 nitrogen and oxygen atoms in total. The minimum absolute atomic E-state index is 0. The lowest BCUT2D eigenvalue weighted by atomic mass is 10.1. The molecule has 0 aliphatic rings. The highest BCUT2D eigenvalue weighted by Crippen LogP contribution is 2.14. The zero-order valence-electron chi connectivity index (χ0n) is 18.9. The van der Waals surface area contributed by atoms with Crippen molar-refractivity contribution in [1.82, 2.24) is 9.78 Å². The molecule has 0 spiro atoms. The summed E-state index contributed by atoms with van der Waals surface area (Å²) in [6.45, 7) is 29.6. The summed E-state index contributed by atoms with van der Waals surface area (Å²) in [6.07, 6.45) is 4.07. The highest BCUT2D eigenvalue weighted by molar-refractivity contribution is 5.08. The van der Waals surface area contributed by atoms with Gasteiger partial charge in [0.2, 0.25) is 0 Å². The molecule has 0 bridgehead atoms. The quantitative estimate of drug-likeness (QED) is 0.525. The molecule has 0 saturated heterocycles. The van der Waals surface area contributed by atoms with E-state index in [9.17, 15) is 0 Å². The van der Waals surface area contributed by atoms with Crippen LogP contribution in [0.25, 0.3) is 0 Å². The lowest BCUT2D eigenvalue weighted by Gasteiger charge is -2.03. The summed E-state index contributed by atoms with van der Waals surface area (Å²) in [6, 6.07) is 0.475. The maximum atomic E-state index is 4.25. The van der Waals surface area contributed by atoms with Gasteiger partial charge in [-0.15, -0.1) is 0 Å². The van der Waals surface area contributed by atoms with Crippen LogP contribution in [0.5, 0.6) is 0 Å². The summed E-state index contributed by atoms with van der Waals surface area (Å²) < 4.78 is 2.00. The normalized spacial score (nSPS) is 8.75. The maximum Gasteiger partial charge on any atom is 0.0524 e. The molecule has 24 heavy (non-hydrogen) atoms. The largest absolute Gasteiger partial charge is 0.270 e. The first-order chi connectivity index (χ1) is 10.6. The fourth-order valence-corrected chi connectivity index (χ4v) is 0.933. The molecule has 0 aromatic carbocycles. The highest BCUT2D eigenvalue weighted by Gasteiger charge is 2.03. The standard InChI is InChI=1S/C9H16N2.2C4H10.2C2H6.CH4/c1-7(2)9-5-10-11(6-9)8(3)4;2*1-4(2)3;2*1-2;/h5-8H,1-4H3;2*4H,1-3H3;2*1-2H3;1H4. The average Bonchev–Trinajstić information content (AvgIpc) is 2.92. The summed E-state index contributed by atoms with van der Waals surface area (Å²) in [5.41, 5.74) is 1.32. The van der Waals surface area contributed by atoms with Crippen molar-refractivity contribution in [3.8, 4) is 0 Å². The third-order valence-corrected chi connectivity index (χ3v) is 1.82. The van der Waals surface area contributed by atoms with Crippen LogP contribution in [0.3, 0.4) is 0 Å². The van der Waals surface area contributed by atoms with Crippen LogP contribution in [0.2, 0.25) is 0 Å². The molecule has 0 N–H and O–H groups in total. The van der Waals surface area contributed by atoms with Crippen LogP contribution in [0.1, 0.15) is 122 Å². The van der Waals surface area contributed by atoms with Crippen LogP contribution < -0.4 is 0 Å². The van der Waals surface area contributed by atoms with E-state index in [1.54, 1.807) is 0 Å². The molecule has 0 amide bonds. The Labute approximate surface area is 156 Å². The van der Waals surface area contributed by atoms with Crippen molar-refractivity contribution in [2.75, 3.05) is 0 Å². The van der Waals surface area contributed by atoms with E-state index in [1.165, 1.54) is 5.56 Å². The van der Waals surface area contributed by atoms with Crippen LogP contribution in [0.4, 0.5) is 0 Å². The summed E-state index contributed by atoms with van der Waals surface area (Å²) in [5.74, 6) is 2.25. The Bertz CT molecular complexity index is 263. The second-order valence-electron chi connectivity index (χ2n) is 6.97. The molecule has 1 aromatic rings. The van der Waals surface area contributed by atoms with Crippen molar-refractivity contribution in [2.45, 2.75) is 116 Å². The van der Waals surface area contributed by atoms with Gasteiger partial charge in [0.25, 0.3) is 0 Å². The van der Waals surface area contributed by atoms with Crippen LogP contribution in [-0.4, -0.2) is 9.78 Å². The van der Waals surface area contributed by atoms with E-state index in [-0.39, 0.29) is 7.43 Å². The summed E-state index contributed by atoms with van der Waals surface area (Å²) in [5, 5.41) is 4.25. The fraction of sp³-hybridized carbons (Fsp3) is 0.864. The summed E-state index contributed by atoms with van der Waals surface area (Å²) in [4.78, 5) is 0. The number of nitrogens with zero attached hydrogens (tertiary/aromatic N) is 2. The van der Waals surface area contributed by atoms with E-state index in [4.69, 9.17) is 0 Å². The maximum absolute atomic E-state index is 4.25. The molecule has 0 aliphatic carbocycles. The predicted molar refractivity (Wildman–Crippen MR) is 117 cm³/mol. The van der Waals surface area contributed by atoms with E-state index in [0.717, 1.165) is 11.8 Å². The zero-order valence-corrected chi connectivity index (χ0v) is 18.9. The molecule has 1 rings (SSSR count). The van der Waals surface area contributed by atoms with Crippen LogP contribution in [-0.2, 0) is 0 Å². The molecular formula is C22H52N2. The molecule has 2 heteroatoms. The molecule has 0 saturated carbocycles. The Balaban J connectivity index is -0.0000000783. The van der Waals surface area contributed by atoms with Gasteiger partial charge in [0, 0.05) is 12.2 Å². The third-order valence-electron chi connectivity index (χ3n) is 1.82. The molecule has 0 fully saturated rings. The second-order valence-corrected chi connectivity index (χ2v) is 6.97. The average molecular weight is 345 g/mol. The minimum Gasteiger partial charge on any atom is -0.270 e. The Hall–Kier alpha value is -0.790. The van der Waals surface area contributed by atoms with Crippen molar-refractivity contribution < 1.29 is 0 Å². The van der Waals surface area contributed by atoms with E-state index < -0.39 is 0 Å². The van der Waals surface area contributed by atoms with Gasteiger partial charge >= 0.3 is 0 Å². The van der Waals surface area contributed by atoms with E-state index in [1.807, 2.05) is 38.6 Å². The van der Waals surface area contributed by atoms with Crippen LogP contribution in [0.15, 0.2) is 12.4 Å². The van der Waals surface area contributed by atoms with Gasteiger partial charge in [0.1, 0.15) is 0 Å². The van der Waals surface area contributed by atoms with Crippen molar-refractivity contribution >= 4 is 0 Å². The Morgan fingerprint density at radius 1 is 0.708 bits per heavy atom. The first-order valence-electron chi connectivity index (χ1n) is 9.61. The SMILES string of the molecule is C.CC.CC.CC(C)C.CC(C)C.CC(C)c1cnn(C(C)C)c1. The van der Waals surface area contributed by atoms with Gasteiger partial charge in [-0.05, 0) is 37.2 Å². The topological polar surface area (TPSA) is 17.8 Å². The van der Waals surface area contributed by atoms with Crippen molar-refractivity contribution in [2.24, 2.45) is 11.8 Å². The lowest BCUT2D eigenvalue weighted by Crippen LogP contribution is -1.99. The molecule has 0 atom stereocenters. The second kappa shape index (κ2) is 24.5. The van der Waals surface area contributed by atoms with Gasteiger partial charge in [-0.3, -0.25) is 4.68 Å². The summed E-state index contributed by atoms with van der Waals surface area (Å²) in [7, 11) is 0. The lowest BCUT2D eigenvalue weighted by molar-refractivity contribution is 0.531. The van der Waals surface area contributed by atoms with Crippen LogP contribution >= 0.6 is 0 Å². The predicted octanol–water partition coefficient (Wildman–Crippen LogP) is 8.60. The smallest absolute Gasteiger partial charge is 0.0524 e. The molecule has 1 aromatic heterocycles. The fourth-order valence-electron chi connectivity index (χ4n) is 0.933. The van der Waals surface area contributed by atoms with Gasteiger partial charge in [0.05, 0.1) is 6.20 Å².